The van der Waals surface area contributed by atoms with Gasteiger partial charge in [0.25, 0.3) is 0 Å². The van der Waals surface area contributed by atoms with Crippen molar-refractivity contribution >= 4 is 39.4 Å². The van der Waals surface area contributed by atoms with Crippen LogP contribution < -0.4 is 14.2 Å². The highest BCUT2D eigenvalue weighted by atomic mass is 35.5. The molecule has 170 valence electrons. The van der Waals surface area contributed by atoms with E-state index in [0.717, 1.165) is 0 Å². The van der Waals surface area contributed by atoms with Gasteiger partial charge in [0, 0.05) is 18.6 Å². The Hall–Kier alpha value is -2.16. The topological polar surface area (TPSA) is 84.9 Å². The average molecular weight is 489 g/mol. The maximum Gasteiger partial charge on any atom is 0.339 e. The second-order valence-electron chi connectivity index (χ2n) is 7.42. The van der Waals surface area contributed by atoms with Crippen molar-refractivity contribution in [1.82, 2.24) is 10.2 Å². The molecule has 0 spiro atoms. The molecule has 31 heavy (non-hydrogen) atoms. The van der Waals surface area contributed by atoms with Gasteiger partial charge in [-0.15, -0.1) is 0 Å². The number of carbonyl (C=O) groups excluding carboxylic acids is 1. The number of hydrogen-bond acceptors (Lipinski definition) is 5. The number of halogens is 2. The van der Waals surface area contributed by atoms with Gasteiger partial charge in [-0.1, -0.05) is 29.3 Å². The molecule has 0 aliphatic heterocycles. The fraction of sp³-hybridized carbons (Fsp3) is 0.381. The van der Waals surface area contributed by atoms with Gasteiger partial charge in [0.1, 0.15) is 4.90 Å². The summed E-state index contributed by atoms with van der Waals surface area (Å²) in [5.41, 5.74) is 0.674. The summed E-state index contributed by atoms with van der Waals surface area (Å²) in [5.74, 6) is 0.231. The summed E-state index contributed by atoms with van der Waals surface area (Å²) < 4.78 is 36.1. The zero-order valence-electron chi connectivity index (χ0n) is 18.0. The van der Waals surface area contributed by atoms with E-state index in [-0.39, 0.29) is 51.1 Å². The first-order valence-electron chi connectivity index (χ1n) is 9.58. The third-order valence-corrected chi connectivity index (χ3v) is 6.23. The number of nitrogens with zero attached hydrogens (tertiary/aromatic N) is 1. The van der Waals surface area contributed by atoms with Crippen LogP contribution >= 0.6 is 23.2 Å². The second kappa shape index (κ2) is 10.4. The molecule has 1 N–H and O–H groups in total. The normalized spacial score (nSPS) is 11.5. The van der Waals surface area contributed by atoms with Crippen LogP contribution in [0.5, 0.6) is 11.5 Å². The standard InChI is InChI=1S/C21H26Cl2N2O5S/c1-13(2)24-21(26)25(14(3)4)12-15-6-9-19(29-5)20(10-15)30-31(27,28)16-7-8-17(22)18(23)11-16/h6-11,13-14H,12H2,1-5H3,(H,24,26). The largest absolute Gasteiger partial charge is 0.493 e. The molecule has 10 heteroatoms. The lowest BCUT2D eigenvalue weighted by Gasteiger charge is -2.28. The predicted molar refractivity (Wildman–Crippen MR) is 122 cm³/mol. The molecule has 2 rings (SSSR count). The molecule has 2 amide bonds. The molecule has 0 fully saturated rings. The van der Waals surface area contributed by atoms with E-state index in [4.69, 9.17) is 32.1 Å². The molecule has 2 aromatic rings. The average Bonchev–Trinajstić information content (AvgIpc) is 2.67. The monoisotopic (exact) mass is 488 g/mol. The highest BCUT2D eigenvalue weighted by molar-refractivity contribution is 7.87. The van der Waals surface area contributed by atoms with Crippen molar-refractivity contribution in [2.45, 2.75) is 51.2 Å². The first-order valence-corrected chi connectivity index (χ1v) is 11.7. The van der Waals surface area contributed by atoms with Crippen molar-refractivity contribution in [3.05, 3.63) is 52.0 Å². The number of ether oxygens (including phenoxy) is 1. The maximum absolute atomic E-state index is 12.8. The summed E-state index contributed by atoms with van der Waals surface area (Å²) in [5, 5.41) is 3.19. The molecule has 0 atom stereocenters. The van der Waals surface area contributed by atoms with Crippen LogP contribution in [0, 0.1) is 0 Å². The molecule has 0 aliphatic carbocycles. The summed E-state index contributed by atoms with van der Waals surface area (Å²) >= 11 is 11.8. The van der Waals surface area contributed by atoms with Crippen molar-refractivity contribution < 1.29 is 22.1 Å². The van der Waals surface area contributed by atoms with Crippen LogP contribution in [0.1, 0.15) is 33.3 Å². The van der Waals surface area contributed by atoms with Gasteiger partial charge in [0.2, 0.25) is 0 Å². The second-order valence-corrected chi connectivity index (χ2v) is 9.79. The van der Waals surface area contributed by atoms with Crippen LogP contribution in [-0.2, 0) is 16.7 Å². The SMILES string of the molecule is COc1ccc(CN(C(=O)NC(C)C)C(C)C)cc1OS(=O)(=O)c1ccc(Cl)c(Cl)c1. The van der Waals surface area contributed by atoms with Crippen LogP contribution in [0.25, 0.3) is 0 Å². The minimum absolute atomic E-state index is 0.000883. The number of methoxy groups -OCH3 is 1. The van der Waals surface area contributed by atoms with Crippen molar-refractivity contribution in [3.8, 4) is 11.5 Å². The van der Waals surface area contributed by atoms with Crippen molar-refractivity contribution in [2.24, 2.45) is 0 Å². The lowest BCUT2D eigenvalue weighted by atomic mass is 10.1. The fourth-order valence-corrected chi connectivity index (χ4v) is 4.02. The zero-order chi connectivity index (χ0) is 23.3. The van der Waals surface area contributed by atoms with Gasteiger partial charge >= 0.3 is 16.1 Å². The van der Waals surface area contributed by atoms with Crippen LogP contribution in [0.3, 0.4) is 0 Å². The van der Waals surface area contributed by atoms with Crippen LogP contribution in [-0.4, -0.2) is 38.5 Å². The maximum atomic E-state index is 12.8. The van der Waals surface area contributed by atoms with E-state index in [0.29, 0.717) is 5.56 Å². The minimum Gasteiger partial charge on any atom is -0.493 e. The molecule has 0 saturated heterocycles. The molecule has 7 nitrogen and oxygen atoms in total. The van der Waals surface area contributed by atoms with Crippen molar-refractivity contribution in [3.63, 3.8) is 0 Å². The highest BCUT2D eigenvalue weighted by Crippen LogP contribution is 2.33. The van der Waals surface area contributed by atoms with E-state index in [1.54, 1.807) is 17.0 Å². The number of rotatable bonds is 8. The van der Waals surface area contributed by atoms with Gasteiger partial charge in [-0.2, -0.15) is 8.42 Å². The molecule has 0 saturated carbocycles. The Balaban J connectivity index is 2.35. The number of urea groups is 1. The Morgan fingerprint density at radius 3 is 2.26 bits per heavy atom. The summed E-state index contributed by atoms with van der Waals surface area (Å²) in [6.45, 7) is 7.81. The molecule has 0 bridgehead atoms. The summed E-state index contributed by atoms with van der Waals surface area (Å²) in [6, 6.07) is 8.46. The zero-order valence-corrected chi connectivity index (χ0v) is 20.3. The molecule has 0 heterocycles. The predicted octanol–water partition coefficient (Wildman–Crippen LogP) is 5.10. The van der Waals surface area contributed by atoms with Gasteiger partial charge in [-0.05, 0) is 63.6 Å². The fourth-order valence-electron chi connectivity index (χ4n) is 2.70. The summed E-state index contributed by atoms with van der Waals surface area (Å²) in [6.07, 6.45) is 0. The third-order valence-electron chi connectivity index (χ3n) is 4.26. The van der Waals surface area contributed by atoms with E-state index in [1.165, 1.54) is 31.4 Å². The molecule has 0 aromatic heterocycles. The Bertz CT molecular complexity index is 1040. The smallest absolute Gasteiger partial charge is 0.339 e. The third kappa shape index (κ3) is 6.66. The lowest BCUT2D eigenvalue weighted by Crippen LogP contribution is -2.45. The van der Waals surface area contributed by atoms with E-state index in [9.17, 15) is 13.2 Å². The van der Waals surface area contributed by atoms with E-state index in [2.05, 4.69) is 5.32 Å². The quantitative estimate of drug-likeness (QED) is 0.522. The Labute approximate surface area is 193 Å². The molecule has 0 unspecified atom stereocenters. The highest BCUT2D eigenvalue weighted by Gasteiger charge is 2.22. The Morgan fingerprint density at radius 1 is 1.03 bits per heavy atom. The van der Waals surface area contributed by atoms with E-state index < -0.39 is 10.1 Å². The van der Waals surface area contributed by atoms with Crippen LogP contribution in [0.2, 0.25) is 10.0 Å². The molecular formula is C21H26Cl2N2O5S. The lowest BCUT2D eigenvalue weighted by molar-refractivity contribution is 0.177. The number of nitrogens with one attached hydrogen (secondary N) is 1. The first kappa shape index (κ1) is 25.1. The number of amides is 2. The first-order chi connectivity index (χ1) is 14.4. The van der Waals surface area contributed by atoms with E-state index >= 15 is 0 Å². The van der Waals surface area contributed by atoms with Gasteiger partial charge in [-0.3, -0.25) is 0 Å². The van der Waals surface area contributed by atoms with Crippen molar-refractivity contribution in [1.29, 1.82) is 0 Å². The van der Waals surface area contributed by atoms with Gasteiger partial charge < -0.3 is 19.1 Å². The van der Waals surface area contributed by atoms with Crippen LogP contribution in [0.4, 0.5) is 4.79 Å². The van der Waals surface area contributed by atoms with Gasteiger partial charge in [0.05, 0.1) is 17.2 Å². The molecule has 0 radical (unpaired) electrons. The molecular weight excluding hydrogens is 463 g/mol. The minimum atomic E-state index is -4.19. The molecule has 0 aliphatic rings. The number of hydrogen-bond donors (Lipinski definition) is 1. The summed E-state index contributed by atoms with van der Waals surface area (Å²) in [7, 11) is -2.79. The summed E-state index contributed by atoms with van der Waals surface area (Å²) in [4.78, 5) is 14.0. The van der Waals surface area contributed by atoms with Gasteiger partial charge in [0.15, 0.2) is 11.5 Å². The van der Waals surface area contributed by atoms with Gasteiger partial charge in [-0.25, -0.2) is 4.79 Å². The number of benzene rings is 2. The van der Waals surface area contributed by atoms with Crippen LogP contribution in [0.15, 0.2) is 41.3 Å². The Morgan fingerprint density at radius 2 is 1.71 bits per heavy atom. The molecule has 2 aromatic carbocycles. The van der Waals surface area contributed by atoms with E-state index in [1.807, 2.05) is 27.7 Å². The number of carbonyl (C=O) groups is 1. The Kier molecular flexibility index (Phi) is 8.45. The van der Waals surface area contributed by atoms with Crippen molar-refractivity contribution in [2.75, 3.05) is 7.11 Å².